The van der Waals surface area contributed by atoms with Gasteiger partial charge in [0.25, 0.3) is 0 Å². The maximum atomic E-state index is 7.32. The highest BCUT2D eigenvalue weighted by Crippen LogP contribution is 2.20. The summed E-state index contributed by atoms with van der Waals surface area (Å²) in [4.78, 5) is 9.82. The van der Waals surface area contributed by atoms with Crippen molar-refractivity contribution in [2.24, 2.45) is 11.4 Å². The van der Waals surface area contributed by atoms with Crippen LogP contribution in [0.3, 0.4) is 0 Å². The minimum Gasteiger partial charge on any atom is -0.327 e. The summed E-state index contributed by atoms with van der Waals surface area (Å²) < 4.78 is 28.8. The zero-order chi connectivity index (χ0) is 15.2. The van der Waals surface area contributed by atoms with Crippen molar-refractivity contribution in [3.05, 3.63) is 48.3 Å². The summed E-state index contributed by atoms with van der Waals surface area (Å²) in [6.45, 7) is 0.214. The fourth-order valence-corrected chi connectivity index (χ4v) is 1.50. The van der Waals surface area contributed by atoms with Crippen LogP contribution < -0.4 is 11.4 Å². The van der Waals surface area contributed by atoms with Crippen LogP contribution in [-0.2, 0) is 4.84 Å². The summed E-state index contributed by atoms with van der Waals surface area (Å²) in [5.41, 5.74) is 2.12. The maximum absolute atomic E-state index is 7.32. The van der Waals surface area contributed by atoms with Gasteiger partial charge in [0, 0.05) is 12.7 Å². The van der Waals surface area contributed by atoms with E-state index in [0.29, 0.717) is 29.4 Å². The largest absolute Gasteiger partial charge is 0.327 e. The number of pyridine rings is 1. The average molecular weight is 236 g/mol. The topological polar surface area (TPSA) is 77.4 Å². The van der Waals surface area contributed by atoms with Gasteiger partial charge in [-0.05, 0) is 18.2 Å². The highest BCUT2D eigenvalue weighted by atomic mass is 16.7. The molecule has 0 saturated heterocycles. The van der Waals surface area contributed by atoms with Gasteiger partial charge in [0.1, 0.15) is 11.9 Å². The summed E-state index contributed by atoms with van der Waals surface area (Å²) in [6, 6.07) is 5.49. The summed E-state index contributed by atoms with van der Waals surface area (Å²) in [5.74, 6) is 0. The number of aromatic nitrogens is 1. The Morgan fingerprint density at radius 2 is 2.59 bits per heavy atom. The lowest BCUT2D eigenvalue weighted by atomic mass is 10.2. The predicted molar refractivity (Wildman–Crippen MR) is 66.2 cm³/mol. The quantitative estimate of drug-likeness (QED) is 0.702. The number of rotatable bonds is 6. The van der Waals surface area contributed by atoms with E-state index in [4.69, 9.17) is 10.5 Å². The zero-order valence-corrected chi connectivity index (χ0v) is 9.23. The third kappa shape index (κ3) is 2.91. The lowest BCUT2D eigenvalue weighted by Crippen LogP contribution is -2.39. The Hall–Kier alpha value is -1.69. The third-order valence-corrected chi connectivity index (χ3v) is 2.26. The first-order valence-corrected chi connectivity index (χ1v) is 5.32. The molecule has 1 aromatic rings. The van der Waals surface area contributed by atoms with Crippen LogP contribution in [0.2, 0.25) is 5.65 Å². The number of nitrogens with two attached hydrogens (primary N) is 2. The molecule has 0 aromatic carbocycles. The van der Waals surface area contributed by atoms with E-state index in [1.807, 2.05) is 36.4 Å². The molecule has 2 heterocycles. The van der Waals surface area contributed by atoms with Crippen molar-refractivity contribution in [2.75, 3.05) is 13.1 Å². The average Bonchev–Trinajstić information content (AvgIpc) is 2.47. The van der Waals surface area contributed by atoms with Crippen LogP contribution in [0, 0.1) is 0 Å². The Kier molecular flexibility index (Phi) is 2.50. The van der Waals surface area contributed by atoms with Crippen LogP contribution >= 0.6 is 0 Å². The van der Waals surface area contributed by atoms with Crippen molar-refractivity contribution in [3.8, 4) is 0 Å². The van der Waals surface area contributed by atoms with Gasteiger partial charge in [0.2, 0.25) is 0 Å². The Morgan fingerprint density at radius 3 is 3.35 bits per heavy atom. The van der Waals surface area contributed by atoms with E-state index in [9.17, 15) is 0 Å². The summed E-state index contributed by atoms with van der Waals surface area (Å²) in [5, 5.41) is 1.51. The maximum Gasteiger partial charge on any atom is 0.146 e. The number of allylic oxidation sites excluding steroid dienone is 2. The number of nitrogens with zero attached hydrogens (tertiary/aromatic N) is 2. The molecule has 5 heteroatoms. The molecule has 2 rings (SSSR count). The molecule has 0 fully saturated rings. The van der Waals surface area contributed by atoms with Gasteiger partial charge in [0.05, 0.1) is 17.9 Å². The Labute approximate surface area is 106 Å². The molecule has 0 bridgehead atoms. The first-order valence-electron chi connectivity index (χ1n) is 7.11. The van der Waals surface area contributed by atoms with Crippen molar-refractivity contribution < 1.29 is 10.5 Å². The number of hydrogen-bond donors (Lipinski definition) is 2. The van der Waals surface area contributed by atoms with E-state index in [1.54, 1.807) is 6.20 Å². The highest BCUT2D eigenvalue weighted by Gasteiger charge is 2.16. The summed E-state index contributed by atoms with van der Waals surface area (Å²) in [6.07, 6.45) is 6.17. The second-order valence-corrected chi connectivity index (χ2v) is 3.50. The number of hydroxylamine groups is 2. The molecular formula is C12H16N4O. The first kappa shape index (κ1) is 7.60. The van der Waals surface area contributed by atoms with Gasteiger partial charge in [0.15, 0.2) is 0 Å². The second-order valence-electron chi connectivity index (χ2n) is 3.50. The van der Waals surface area contributed by atoms with Gasteiger partial charge >= 0.3 is 0 Å². The van der Waals surface area contributed by atoms with Crippen LogP contribution in [-0.4, -0.2) is 29.4 Å². The van der Waals surface area contributed by atoms with Gasteiger partial charge in [-0.15, -0.1) is 0 Å². The Bertz CT molecular complexity index is 509. The van der Waals surface area contributed by atoms with Crippen molar-refractivity contribution in [1.82, 2.24) is 10.0 Å². The van der Waals surface area contributed by atoms with E-state index >= 15 is 0 Å². The molecule has 1 aliphatic heterocycles. The van der Waals surface area contributed by atoms with E-state index in [2.05, 4.69) is 4.98 Å². The monoisotopic (exact) mass is 236 g/mol. The highest BCUT2D eigenvalue weighted by molar-refractivity contribution is 5.63. The van der Waals surface area contributed by atoms with Gasteiger partial charge in [-0.3, -0.25) is 9.82 Å². The molecule has 0 radical (unpaired) electrons. The van der Waals surface area contributed by atoms with Crippen LogP contribution in [0.1, 0.15) is 5.69 Å². The molecule has 0 amide bonds. The molecule has 17 heavy (non-hydrogen) atoms. The Balaban J connectivity index is 2.14. The fourth-order valence-electron chi connectivity index (χ4n) is 1.50. The zero-order valence-electron chi connectivity index (χ0n) is 13.2. The van der Waals surface area contributed by atoms with Crippen molar-refractivity contribution >= 4 is 5.70 Å². The van der Waals surface area contributed by atoms with E-state index in [1.165, 1.54) is 5.06 Å². The van der Waals surface area contributed by atoms with E-state index < -0.39 is 6.23 Å². The lowest BCUT2D eigenvalue weighted by molar-refractivity contribution is -0.143. The first-order chi connectivity index (χ1) is 10.1. The van der Waals surface area contributed by atoms with Crippen molar-refractivity contribution in [1.29, 1.82) is 0 Å². The molecule has 0 saturated carbocycles. The van der Waals surface area contributed by atoms with Crippen molar-refractivity contribution in [2.45, 2.75) is 6.23 Å². The molecule has 0 spiro atoms. The molecule has 1 aliphatic rings. The minimum atomic E-state index is -1.06. The SMILES string of the molecule is [2H]N([2H])CC(ON1CC=CC=C1c1ccccn1)N([2H])[2H]. The smallest absolute Gasteiger partial charge is 0.146 e. The van der Waals surface area contributed by atoms with Crippen LogP contribution in [0.4, 0.5) is 0 Å². The minimum absolute atomic E-state index is 0.220. The van der Waals surface area contributed by atoms with Gasteiger partial charge in [-0.2, -0.15) is 0 Å². The summed E-state index contributed by atoms with van der Waals surface area (Å²) >= 11 is 0. The van der Waals surface area contributed by atoms with Gasteiger partial charge < -0.3 is 11.4 Å². The molecule has 4 N–H and O–H groups in total. The van der Waals surface area contributed by atoms with Crippen LogP contribution in [0.15, 0.2) is 42.6 Å². The summed E-state index contributed by atoms with van der Waals surface area (Å²) in [7, 11) is 0. The normalized spacial score (nSPS) is 20.6. The second kappa shape index (κ2) is 5.58. The van der Waals surface area contributed by atoms with Crippen molar-refractivity contribution in [3.63, 3.8) is 0 Å². The molecule has 1 aromatic heterocycles. The molecule has 0 aliphatic carbocycles. The molecule has 1 unspecified atom stereocenters. The standard InChI is InChI=1S/C12H16N4O/c13-9-12(14)17-16-8-4-2-6-11(16)10-5-1-3-7-15-10/h1-7,12H,8-9,13-14H2/i/hD4. The van der Waals surface area contributed by atoms with Crippen LogP contribution in [0.5, 0.6) is 0 Å². The van der Waals surface area contributed by atoms with Gasteiger partial charge in [-0.1, -0.05) is 18.2 Å². The Morgan fingerprint density at radius 1 is 1.59 bits per heavy atom. The fraction of sp³-hybridized carbons (Fsp3) is 0.250. The molecular weight excluding hydrogens is 216 g/mol. The van der Waals surface area contributed by atoms with E-state index in [-0.39, 0.29) is 6.54 Å². The molecule has 5 nitrogen and oxygen atoms in total. The number of hydrogen-bond acceptors (Lipinski definition) is 5. The lowest BCUT2D eigenvalue weighted by Gasteiger charge is -2.29. The van der Waals surface area contributed by atoms with Gasteiger partial charge in [-0.25, -0.2) is 5.06 Å². The van der Waals surface area contributed by atoms with Crippen LogP contribution in [0.25, 0.3) is 5.70 Å². The predicted octanol–water partition coefficient (Wildman–Crippen LogP) is 0.469. The molecule has 1 atom stereocenters. The molecule has 90 valence electrons. The third-order valence-electron chi connectivity index (χ3n) is 2.26. The van der Waals surface area contributed by atoms with E-state index in [0.717, 1.165) is 0 Å².